The molecule has 7 heteroatoms. The Bertz CT molecular complexity index is 600. The van der Waals surface area contributed by atoms with Gasteiger partial charge in [-0.25, -0.2) is 0 Å². The van der Waals surface area contributed by atoms with Crippen molar-refractivity contribution >= 4 is 33.4 Å². The van der Waals surface area contributed by atoms with E-state index in [1.54, 1.807) is 25.1 Å². The molecule has 0 aliphatic rings. The van der Waals surface area contributed by atoms with E-state index < -0.39 is 0 Å². The molecule has 0 aliphatic carbocycles. The van der Waals surface area contributed by atoms with Gasteiger partial charge in [-0.1, -0.05) is 16.8 Å². The molecule has 1 aromatic carbocycles. The molecule has 0 atom stereocenters. The van der Waals surface area contributed by atoms with Crippen molar-refractivity contribution in [3.63, 3.8) is 0 Å². The number of rotatable bonds is 4. The van der Waals surface area contributed by atoms with Crippen LogP contribution in [-0.2, 0) is 6.42 Å². The third-order valence-electron chi connectivity index (χ3n) is 2.39. The van der Waals surface area contributed by atoms with Crippen molar-refractivity contribution < 1.29 is 9.32 Å². The standard InChI is InChI=1S/C12H11BrClN3O2/c1-7-16-11(17-19-7)4-5-15-12(18)8-2-3-9(13)10(14)6-8/h2-3,6H,4-5H2,1H3,(H,15,18). The van der Waals surface area contributed by atoms with Gasteiger partial charge in [-0.05, 0) is 34.1 Å². The first kappa shape index (κ1) is 14.0. The molecule has 2 rings (SSSR count). The summed E-state index contributed by atoms with van der Waals surface area (Å²) >= 11 is 9.20. The Morgan fingerprint density at radius 1 is 1.53 bits per heavy atom. The Labute approximate surface area is 123 Å². The fourth-order valence-corrected chi connectivity index (χ4v) is 1.90. The third kappa shape index (κ3) is 3.78. The van der Waals surface area contributed by atoms with Gasteiger partial charge in [-0.3, -0.25) is 4.79 Å². The summed E-state index contributed by atoms with van der Waals surface area (Å²) in [6, 6.07) is 5.04. The van der Waals surface area contributed by atoms with E-state index in [0.717, 1.165) is 4.47 Å². The summed E-state index contributed by atoms with van der Waals surface area (Å²) in [5, 5.41) is 7.02. The minimum Gasteiger partial charge on any atom is -0.352 e. The largest absolute Gasteiger partial charge is 0.352 e. The number of nitrogens with one attached hydrogen (secondary N) is 1. The van der Waals surface area contributed by atoms with Crippen LogP contribution in [0.25, 0.3) is 0 Å². The minimum atomic E-state index is -0.186. The smallest absolute Gasteiger partial charge is 0.251 e. The number of halogens is 2. The van der Waals surface area contributed by atoms with E-state index in [9.17, 15) is 4.79 Å². The molecule has 19 heavy (non-hydrogen) atoms. The molecule has 0 bridgehead atoms. The van der Waals surface area contributed by atoms with E-state index in [0.29, 0.717) is 35.3 Å². The lowest BCUT2D eigenvalue weighted by Gasteiger charge is -2.04. The number of aryl methyl sites for hydroxylation is 1. The van der Waals surface area contributed by atoms with Crippen LogP contribution in [0.5, 0.6) is 0 Å². The first-order chi connectivity index (χ1) is 9.06. The summed E-state index contributed by atoms with van der Waals surface area (Å²) in [6.45, 7) is 2.16. The van der Waals surface area contributed by atoms with Crippen molar-refractivity contribution in [2.24, 2.45) is 0 Å². The predicted octanol–water partition coefficient (Wildman–Crippen LogP) is 2.77. The number of aromatic nitrogens is 2. The maximum absolute atomic E-state index is 11.9. The van der Waals surface area contributed by atoms with Gasteiger partial charge in [0, 0.05) is 29.9 Å². The van der Waals surface area contributed by atoms with Gasteiger partial charge < -0.3 is 9.84 Å². The Morgan fingerprint density at radius 3 is 2.95 bits per heavy atom. The predicted molar refractivity (Wildman–Crippen MR) is 74.2 cm³/mol. The normalized spacial score (nSPS) is 10.5. The van der Waals surface area contributed by atoms with Crippen LogP contribution in [0, 0.1) is 6.92 Å². The van der Waals surface area contributed by atoms with Crippen molar-refractivity contribution in [1.29, 1.82) is 0 Å². The number of nitrogens with zero attached hydrogens (tertiary/aromatic N) is 2. The summed E-state index contributed by atoms with van der Waals surface area (Å²) in [5.74, 6) is 0.905. The summed E-state index contributed by atoms with van der Waals surface area (Å²) in [5.41, 5.74) is 0.512. The van der Waals surface area contributed by atoms with Gasteiger partial charge in [-0.2, -0.15) is 4.98 Å². The van der Waals surface area contributed by atoms with Gasteiger partial charge >= 0.3 is 0 Å². The first-order valence-electron chi connectivity index (χ1n) is 5.58. The molecule has 2 aromatic rings. The van der Waals surface area contributed by atoms with E-state index in [2.05, 4.69) is 31.4 Å². The monoisotopic (exact) mass is 343 g/mol. The number of hydrogen-bond acceptors (Lipinski definition) is 4. The van der Waals surface area contributed by atoms with E-state index in [4.69, 9.17) is 16.1 Å². The van der Waals surface area contributed by atoms with Crippen LogP contribution in [-0.4, -0.2) is 22.6 Å². The minimum absolute atomic E-state index is 0.186. The van der Waals surface area contributed by atoms with Gasteiger partial charge in [0.15, 0.2) is 5.82 Å². The fraction of sp³-hybridized carbons (Fsp3) is 0.250. The van der Waals surface area contributed by atoms with Gasteiger partial charge in [0.1, 0.15) is 0 Å². The zero-order valence-corrected chi connectivity index (χ0v) is 12.5. The first-order valence-corrected chi connectivity index (χ1v) is 6.76. The molecule has 0 saturated heterocycles. The van der Waals surface area contributed by atoms with Crippen molar-refractivity contribution in [2.75, 3.05) is 6.54 Å². The lowest BCUT2D eigenvalue weighted by Crippen LogP contribution is -2.25. The molecule has 0 aliphatic heterocycles. The number of carbonyl (C=O) groups is 1. The molecule has 100 valence electrons. The molecule has 1 aromatic heterocycles. The molecule has 1 heterocycles. The second-order valence-electron chi connectivity index (χ2n) is 3.86. The lowest BCUT2D eigenvalue weighted by atomic mass is 10.2. The molecule has 0 spiro atoms. The average molecular weight is 345 g/mol. The summed E-state index contributed by atoms with van der Waals surface area (Å²) in [6.07, 6.45) is 0.521. The Morgan fingerprint density at radius 2 is 2.32 bits per heavy atom. The third-order valence-corrected chi connectivity index (χ3v) is 3.62. The Balaban J connectivity index is 1.89. The topological polar surface area (TPSA) is 68.0 Å². The quantitative estimate of drug-likeness (QED) is 0.926. The molecule has 0 saturated carbocycles. The van der Waals surface area contributed by atoms with Gasteiger partial charge in [0.2, 0.25) is 5.89 Å². The van der Waals surface area contributed by atoms with Crippen molar-refractivity contribution in [2.45, 2.75) is 13.3 Å². The maximum Gasteiger partial charge on any atom is 0.251 e. The van der Waals surface area contributed by atoms with E-state index >= 15 is 0 Å². The highest BCUT2D eigenvalue weighted by Gasteiger charge is 2.08. The van der Waals surface area contributed by atoms with Crippen LogP contribution < -0.4 is 5.32 Å². The number of amides is 1. The van der Waals surface area contributed by atoms with Crippen LogP contribution in [0.4, 0.5) is 0 Å². The molecule has 1 amide bonds. The van der Waals surface area contributed by atoms with Crippen molar-refractivity contribution in [3.05, 3.63) is 45.0 Å². The highest BCUT2D eigenvalue weighted by atomic mass is 79.9. The lowest BCUT2D eigenvalue weighted by molar-refractivity contribution is 0.0954. The molecule has 0 fully saturated rings. The van der Waals surface area contributed by atoms with E-state index in [1.807, 2.05) is 0 Å². The molecular weight excluding hydrogens is 334 g/mol. The zero-order chi connectivity index (χ0) is 13.8. The summed E-state index contributed by atoms with van der Waals surface area (Å²) in [7, 11) is 0. The molecule has 0 radical (unpaired) electrons. The Hall–Kier alpha value is -1.40. The van der Waals surface area contributed by atoms with E-state index in [-0.39, 0.29) is 5.91 Å². The van der Waals surface area contributed by atoms with Crippen LogP contribution in [0.3, 0.4) is 0 Å². The second kappa shape index (κ2) is 6.16. The van der Waals surface area contributed by atoms with Crippen LogP contribution in [0.2, 0.25) is 5.02 Å². The Kier molecular flexibility index (Phi) is 4.55. The van der Waals surface area contributed by atoms with Crippen LogP contribution in [0.1, 0.15) is 22.1 Å². The van der Waals surface area contributed by atoms with Gasteiger partial charge in [0.25, 0.3) is 5.91 Å². The number of benzene rings is 1. The maximum atomic E-state index is 11.9. The van der Waals surface area contributed by atoms with Crippen LogP contribution in [0.15, 0.2) is 27.2 Å². The number of hydrogen-bond donors (Lipinski definition) is 1. The molecule has 5 nitrogen and oxygen atoms in total. The highest BCUT2D eigenvalue weighted by Crippen LogP contribution is 2.23. The van der Waals surface area contributed by atoms with Crippen molar-refractivity contribution in [1.82, 2.24) is 15.5 Å². The fourth-order valence-electron chi connectivity index (χ4n) is 1.47. The van der Waals surface area contributed by atoms with Crippen molar-refractivity contribution in [3.8, 4) is 0 Å². The molecular formula is C12H11BrClN3O2. The zero-order valence-electron chi connectivity index (χ0n) is 10.1. The summed E-state index contributed by atoms with van der Waals surface area (Å²) in [4.78, 5) is 15.9. The van der Waals surface area contributed by atoms with Crippen LogP contribution >= 0.6 is 27.5 Å². The molecule has 1 N–H and O–H groups in total. The van der Waals surface area contributed by atoms with E-state index in [1.165, 1.54) is 0 Å². The SMILES string of the molecule is Cc1nc(CCNC(=O)c2ccc(Br)c(Cl)c2)no1. The van der Waals surface area contributed by atoms with Gasteiger partial charge in [0.05, 0.1) is 5.02 Å². The highest BCUT2D eigenvalue weighted by molar-refractivity contribution is 9.10. The average Bonchev–Trinajstić information content (AvgIpc) is 2.78. The molecule has 0 unspecified atom stereocenters. The summed E-state index contributed by atoms with van der Waals surface area (Å²) < 4.78 is 5.60. The number of carbonyl (C=O) groups excluding carboxylic acids is 1. The van der Waals surface area contributed by atoms with Gasteiger partial charge in [-0.15, -0.1) is 0 Å². The second-order valence-corrected chi connectivity index (χ2v) is 5.13.